The normalized spacial score (nSPS) is 16.4. The monoisotopic (exact) mass is 495 g/mol. The van der Waals surface area contributed by atoms with Gasteiger partial charge in [0, 0.05) is 38.9 Å². The van der Waals surface area contributed by atoms with Crippen LogP contribution in [0, 0.1) is 5.82 Å². The second kappa shape index (κ2) is 12.8. The van der Waals surface area contributed by atoms with Gasteiger partial charge in [-0.05, 0) is 25.0 Å². The number of rotatable bonds is 13. The van der Waals surface area contributed by atoms with Gasteiger partial charge in [-0.3, -0.25) is 4.90 Å². The Morgan fingerprint density at radius 1 is 1.25 bits per heavy atom. The minimum Gasteiger partial charge on any atom is -0.436 e. The first kappa shape index (κ1) is 26.0. The summed E-state index contributed by atoms with van der Waals surface area (Å²) in [5.74, 6) is 0.135. The highest BCUT2D eigenvalue weighted by molar-refractivity contribution is 5.65. The van der Waals surface area contributed by atoms with Gasteiger partial charge in [0.15, 0.2) is 11.6 Å². The van der Waals surface area contributed by atoms with Gasteiger partial charge in [-0.25, -0.2) is 9.07 Å². The van der Waals surface area contributed by atoms with E-state index in [1.165, 1.54) is 6.07 Å². The lowest BCUT2D eigenvalue weighted by molar-refractivity contribution is 0.00844. The molecular formula is C28H34FN3O4. The summed E-state index contributed by atoms with van der Waals surface area (Å²) >= 11 is 0. The smallest absolute Gasteiger partial charge is 0.222 e. The summed E-state index contributed by atoms with van der Waals surface area (Å²) in [4.78, 5) is 2.13. The van der Waals surface area contributed by atoms with E-state index in [4.69, 9.17) is 19.3 Å². The molecule has 1 fully saturated rings. The van der Waals surface area contributed by atoms with E-state index in [1.807, 2.05) is 30.3 Å². The Labute approximate surface area is 211 Å². The van der Waals surface area contributed by atoms with Crippen molar-refractivity contribution in [2.24, 2.45) is 7.05 Å². The zero-order valence-electron chi connectivity index (χ0n) is 20.7. The van der Waals surface area contributed by atoms with Crippen molar-refractivity contribution < 1.29 is 23.7 Å². The number of aryl methyl sites for hydroxylation is 1. The Hall–Kier alpha value is -3.04. The lowest BCUT2D eigenvalue weighted by atomic mass is 10.1. The van der Waals surface area contributed by atoms with Crippen LogP contribution in [0.3, 0.4) is 0 Å². The number of nitrogens with zero attached hydrogens (tertiary/aromatic N) is 3. The minimum atomic E-state index is -0.695. The first-order valence-corrected chi connectivity index (χ1v) is 12.3. The third-order valence-corrected chi connectivity index (χ3v) is 6.06. The van der Waals surface area contributed by atoms with Crippen molar-refractivity contribution in [2.45, 2.75) is 31.6 Å². The Morgan fingerprint density at radius 3 is 2.75 bits per heavy atom. The molecule has 0 spiro atoms. The molecule has 0 radical (unpaired) electrons. The Bertz CT molecular complexity index is 1120. The van der Waals surface area contributed by atoms with Crippen LogP contribution in [0.2, 0.25) is 0 Å². The van der Waals surface area contributed by atoms with Gasteiger partial charge in [0.05, 0.1) is 31.0 Å². The van der Waals surface area contributed by atoms with Crippen LogP contribution in [0.1, 0.15) is 18.4 Å². The summed E-state index contributed by atoms with van der Waals surface area (Å²) in [6.07, 6.45) is 3.04. The van der Waals surface area contributed by atoms with Crippen LogP contribution in [0.4, 0.5) is 4.39 Å². The summed E-state index contributed by atoms with van der Waals surface area (Å²) in [5, 5.41) is 15.4. The fraction of sp³-hybridized carbons (Fsp3) is 0.393. The number of aliphatic hydroxyl groups is 1. The fourth-order valence-corrected chi connectivity index (χ4v) is 4.42. The molecule has 36 heavy (non-hydrogen) atoms. The van der Waals surface area contributed by atoms with Crippen LogP contribution in [0.5, 0.6) is 11.6 Å². The summed E-state index contributed by atoms with van der Waals surface area (Å²) in [6.45, 7) is 6.42. The number of halogens is 1. The number of hydrogen-bond acceptors (Lipinski definition) is 6. The van der Waals surface area contributed by atoms with E-state index in [1.54, 1.807) is 36.0 Å². The molecule has 2 aromatic carbocycles. The highest BCUT2D eigenvalue weighted by Crippen LogP contribution is 2.35. The number of ether oxygens (including phenoxy) is 3. The molecular weight excluding hydrogens is 461 g/mol. The summed E-state index contributed by atoms with van der Waals surface area (Å²) in [5.41, 5.74) is 2.49. The second-order valence-corrected chi connectivity index (χ2v) is 8.96. The van der Waals surface area contributed by atoms with Crippen molar-refractivity contribution in [1.82, 2.24) is 14.7 Å². The van der Waals surface area contributed by atoms with Crippen molar-refractivity contribution in [3.05, 3.63) is 78.6 Å². The third kappa shape index (κ3) is 6.79. The van der Waals surface area contributed by atoms with E-state index in [-0.39, 0.29) is 18.5 Å². The maximum atomic E-state index is 14.5. The minimum absolute atomic E-state index is 0.0825. The molecule has 1 aromatic heterocycles. The maximum Gasteiger partial charge on any atom is 0.222 e. The standard InChI is InChI=1S/C28H34FN3O4/c1-3-15-34-20-22(33)17-32(18-23-12-9-16-35-23)19-24-27(21-10-5-4-6-11-21)30-31(2)28(24)36-26-14-8-7-13-25(26)29/h3-8,10-11,13-14,22-23,33H,1,9,12,15-20H2,2H3/t22-,23-/m0/s1. The van der Waals surface area contributed by atoms with Gasteiger partial charge in [-0.2, -0.15) is 5.10 Å². The van der Waals surface area contributed by atoms with E-state index < -0.39 is 11.9 Å². The van der Waals surface area contributed by atoms with Crippen molar-refractivity contribution in [2.75, 3.05) is 32.9 Å². The molecule has 1 saturated heterocycles. The molecule has 7 nitrogen and oxygen atoms in total. The van der Waals surface area contributed by atoms with E-state index in [0.29, 0.717) is 32.1 Å². The van der Waals surface area contributed by atoms with Crippen LogP contribution < -0.4 is 4.74 Å². The van der Waals surface area contributed by atoms with Crippen molar-refractivity contribution >= 4 is 0 Å². The number of hydrogen-bond donors (Lipinski definition) is 1. The Morgan fingerprint density at radius 2 is 2.03 bits per heavy atom. The average Bonchev–Trinajstić information content (AvgIpc) is 3.49. The lowest BCUT2D eigenvalue weighted by Crippen LogP contribution is -2.39. The molecule has 3 aromatic rings. The molecule has 0 amide bonds. The van der Waals surface area contributed by atoms with E-state index in [9.17, 15) is 9.50 Å². The summed E-state index contributed by atoms with van der Waals surface area (Å²) in [7, 11) is 1.79. The maximum absolute atomic E-state index is 14.5. The third-order valence-electron chi connectivity index (χ3n) is 6.06. The molecule has 1 aliphatic rings. The van der Waals surface area contributed by atoms with Crippen LogP contribution in [-0.2, 0) is 23.1 Å². The predicted molar refractivity (Wildman–Crippen MR) is 136 cm³/mol. The summed E-state index contributed by atoms with van der Waals surface area (Å²) in [6, 6.07) is 16.2. The van der Waals surface area contributed by atoms with E-state index >= 15 is 0 Å². The Balaban J connectivity index is 1.66. The molecule has 0 saturated carbocycles. The highest BCUT2D eigenvalue weighted by Gasteiger charge is 2.26. The molecule has 1 aliphatic heterocycles. The molecule has 1 N–H and O–H groups in total. The number of aliphatic hydroxyl groups excluding tert-OH is 1. The van der Waals surface area contributed by atoms with Crippen molar-refractivity contribution in [3.8, 4) is 22.9 Å². The fourth-order valence-electron chi connectivity index (χ4n) is 4.42. The largest absolute Gasteiger partial charge is 0.436 e. The topological polar surface area (TPSA) is 69.0 Å². The van der Waals surface area contributed by atoms with Gasteiger partial charge in [0.2, 0.25) is 5.88 Å². The highest BCUT2D eigenvalue weighted by atomic mass is 19.1. The molecule has 8 heteroatoms. The first-order chi connectivity index (χ1) is 17.5. The Kier molecular flexibility index (Phi) is 9.24. The average molecular weight is 496 g/mol. The lowest BCUT2D eigenvalue weighted by Gasteiger charge is -2.27. The zero-order valence-corrected chi connectivity index (χ0v) is 20.7. The molecule has 2 atom stereocenters. The molecule has 0 aliphatic carbocycles. The quantitative estimate of drug-likeness (QED) is 0.277. The second-order valence-electron chi connectivity index (χ2n) is 8.96. The molecule has 4 rings (SSSR count). The first-order valence-electron chi connectivity index (χ1n) is 12.3. The van der Waals surface area contributed by atoms with Gasteiger partial charge in [0.25, 0.3) is 0 Å². The van der Waals surface area contributed by atoms with Crippen LogP contribution >= 0.6 is 0 Å². The number of para-hydroxylation sites is 1. The van der Waals surface area contributed by atoms with Gasteiger partial charge in [-0.15, -0.1) is 6.58 Å². The zero-order chi connectivity index (χ0) is 25.3. The van der Waals surface area contributed by atoms with Crippen molar-refractivity contribution in [3.63, 3.8) is 0 Å². The van der Waals surface area contributed by atoms with E-state index in [0.717, 1.165) is 36.3 Å². The number of benzene rings is 2. The van der Waals surface area contributed by atoms with Crippen LogP contribution in [0.25, 0.3) is 11.3 Å². The van der Waals surface area contributed by atoms with Gasteiger partial charge in [0.1, 0.15) is 5.69 Å². The molecule has 2 heterocycles. The van der Waals surface area contributed by atoms with Crippen LogP contribution in [0.15, 0.2) is 67.3 Å². The van der Waals surface area contributed by atoms with Gasteiger partial charge in [-0.1, -0.05) is 48.5 Å². The number of aromatic nitrogens is 2. The predicted octanol–water partition coefficient (Wildman–Crippen LogP) is 4.56. The molecule has 192 valence electrons. The molecule has 0 bridgehead atoms. The SMILES string of the molecule is C=CCOC[C@@H](O)CN(Cc1c(-c2ccccc2)nn(C)c1Oc1ccccc1F)C[C@@H]1CCCO1. The molecule has 0 unspecified atom stereocenters. The van der Waals surface area contributed by atoms with Crippen molar-refractivity contribution in [1.29, 1.82) is 0 Å². The van der Waals surface area contributed by atoms with Gasteiger partial charge < -0.3 is 19.3 Å². The van der Waals surface area contributed by atoms with Gasteiger partial charge >= 0.3 is 0 Å². The van der Waals surface area contributed by atoms with E-state index in [2.05, 4.69) is 11.5 Å². The summed E-state index contributed by atoms with van der Waals surface area (Å²) < 4.78 is 33.6. The van der Waals surface area contributed by atoms with Crippen LogP contribution in [-0.4, -0.2) is 64.9 Å².